The van der Waals surface area contributed by atoms with E-state index in [1.807, 2.05) is 40.1 Å². The number of carbonyl (C=O) groups is 2. The minimum absolute atomic E-state index is 0.00196. The molecule has 0 bridgehead atoms. The van der Waals surface area contributed by atoms with Gasteiger partial charge >= 0.3 is 0 Å². The molecule has 0 spiro atoms. The summed E-state index contributed by atoms with van der Waals surface area (Å²) in [4.78, 5) is 46.6. The zero-order valence-corrected chi connectivity index (χ0v) is 26.6. The summed E-state index contributed by atoms with van der Waals surface area (Å²) in [6.07, 6.45) is 7.46. The summed E-state index contributed by atoms with van der Waals surface area (Å²) >= 11 is 0. The van der Waals surface area contributed by atoms with Crippen LogP contribution in [-0.4, -0.2) is 92.1 Å². The van der Waals surface area contributed by atoms with Gasteiger partial charge in [-0.3, -0.25) is 19.6 Å². The van der Waals surface area contributed by atoms with Gasteiger partial charge in [-0.05, 0) is 74.0 Å². The number of rotatable bonds is 8. The van der Waals surface area contributed by atoms with Gasteiger partial charge in [-0.2, -0.15) is 5.10 Å². The lowest BCUT2D eigenvalue weighted by atomic mass is 9.86. The Morgan fingerprint density at radius 3 is 2.56 bits per heavy atom. The van der Waals surface area contributed by atoms with Crippen molar-refractivity contribution in [1.82, 2.24) is 34.9 Å². The third kappa shape index (κ3) is 6.14. The number of hydrogen-bond donors (Lipinski definition) is 2. The van der Waals surface area contributed by atoms with E-state index in [2.05, 4.69) is 48.9 Å². The van der Waals surface area contributed by atoms with Crippen LogP contribution in [0.1, 0.15) is 13.3 Å². The second kappa shape index (κ2) is 13.0. The van der Waals surface area contributed by atoms with Crippen LogP contribution in [0.15, 0.2) is 91.9 Å². The van der Waals surface area contributed by atoms with Gasteiger partial charge in [0, 0.05) is 79.6 Å². The zero-order chi connectivity index (χ0) is 33.3. The van der Waals surface area contributed by atoms with E-state index < -0.39 is 5.41 Å². The van der Waals surface area contributed by atoms with E-state index in [0.717, 1.165) is 27.8 Å². The number of halogens is 1. The van der Waals surface area contributed by atoms with Gasteiger partial charge in [-0.25, -0.2) is 19.3 Å². The molecule has 2 aromatic carbocycles. The third-order valence-corrected chi connectivity index (χ3v) is 9.36. The van der Waals surface area contributed by atoms with Crippen LogP contribution in [-0.2, 0) is 9.59 Å². The van der Waals surface area contributed by atoms with Crippen LogP contribution in [0, 0.1) is 11.2 Å². The van der Waals surface area contributed by atoms with Crippen molar-refractivity contribution in [3.8, 4) is 22.6 Å². The molecule has 2 fully saturated rings. The lowest BCUT2D eigenvalue weighted by molar-refractivity contribution is -0.135. The lowest BCUT2D eigenvalue weighted by Crippen LogP contribution is -2.56. The molecular formula is C36H36FN9O2. The standard InChI is InChI=1S/C36H36FN9O2/c1-3-36(35(48)41-28-10-11-30-29(19-28)33(43-42-30)25-5-8-27(37)9-6-25)13-16-44(23-36)22-32(47)46-18-17-45(21-24(46)2)31-12-7-26(20-40-31)34-38-14-4-15-39-34/h3-12,14-15,19-20,24H,1,13,16-18,21-23H2,2H3,(H,41,48)(H,42,43)/t24-,36?/m1/s1. The molecule has 48 heavy (non-hydrogen) atoms. The normalized spacial score (nSPS) is 19.8. The van der Waals surface area contributed by atoms with Gasteiger partial charge in [0.15, 0.2) is 5.82 Å². The first-order chi connectivity index (χ1) is 23.3. The molecule has 0 radical (unpaired) electrons. The minimum Gasteiger partial charge on any atom is -0.353 e. The van der Waals surface area contributed by atoms with Crippen molar-refractivity contribution in [2.45, 2.75) is 19.4 Å². The van der Waals surface area contributed by atoms with E-state index in [1.165, 1.54) is 12.1 Å². The van der Waals surface area contributed by atoms with Crippen molar-refractivity contribution < 1.29 is 14.0 Å². The zero-order valence-electron chi connectivity index (χ0n) is 26.6. The maximum atomic E-state index is 13.7. The number of hydrogen-bond acceptors (Lipinski definition) is 8. The molecule has 2 saturated heterocycles. The number of carbonyl (C=O) groups excluding carboxylic acids is 2. The molecule has 2 amide bonds. The average Bonchev–Trinajstić information content (AvgIpc) is 3.74. The fourth-order valence-corrected chi connectivity index (χ4v) is 6.64. The van der Waals surface area contributed by atoms with Gasteiger partial charge in [0.2, 0.25) is 11.8 Å². The molecule has 2 aliphatic rings. The van der Waals surface area contributed by atoms with Crippen molar-refractivity contribution in [1.29, 1.82) is 0 Å². The Balaban J connectivity index is 0.958. The van der Waals surface area contributed by atoms with Crippen LogP contribution in [0.25, 0.3) is 33.5 Å². The van der Waals surface area contributed by atoms with Gasteiger partial charge < -0.3 is 15.1 Å². The Kier molecular flexibility index (Phi) is 8.40. The SMILES string of the molecule is C=CC1(C(=O)Nc2ccc3[nH]nc(-c4ccc(F)cc4)c3c2)CCN(CC(=O)N2CCN(c3ccc(-c4ncccn4)cn3)C[C@H]2C)C1. The third-order valence-electron chi connectivity index (χ3n) is 9.36. The van der Waals surface area contributed by atoms with E-state index in [1.54, 1.807) is 42.9 Å². The summed E-state index contributed by atoms with van der Waals surface area (Å²) in [5, 5.41) is 11.3. The number of piperazine rings is 1. The average molecular weight is 646 g/mol. The molecule has 1 unspecified atom stereocenters. The van der Waals surface area contributed by atoms with Crippen molar-refractivity contribution in [3.05, 3.63) is 97.7 Å². The maximum absolute atomic E-state index is 13.7. The van der Waals surface area contributed by atoms with Crippen molar-refractivity contribution in [2.75, 3.05) is 49.5 Å². The number of likely N-dealkylation sites (tertiary alicyclic amines) is 1. The molecule has 7 rings (SSSR count). The predicted octanol–water partition coefficient (Wildman–Crippen LogP) is 4.77. The highest BCUT2D eigenvalue weighted by Gasteiger charge is 2.43. The highest BCUT2D eigenvalue weighted by molar-refractivity contribution is 6.01. The maximum Gasteiger partial charge on any atom is 0.237 e. The van der Waals surface area contributed by atoms with Crippen LogP contribution in [0.4, 0.5) is 15.9 Å². The molecule has 2 N–H and O–H groups in total. The second-order valence-electron chi connectivity index (χ2n) is 12.5. The number of aromatic nitrogens is 5. The van der Waals surface area contributed by atoms with Crippen molar-refractivity contribution >= 4 is 34.2 Å². The van der Waals surface area contributed by atoms with Gasteiger partial charge in [0.05, 0.1) is 23.2 Å². The number of H-pyrrole nitrogens is 1. The first-order valence-corrected chi connectivity index (χ1v) is 16.0. The quantitative estimate of drug-likeness (QED) is 0.232. The molecule has 12 heteroatoms. The van der Waals surface area contributed by atoms with Gasteiger partial charge in [0.25, 0.3) is 0 Å². The molecule has 2 atom stereocenters. The lowest BCUT2D eigenvalue weighted by Gasteiger charge is -2.41. The molecule has 0 aliphatic carbocycles. The van der Waals surface area contributed by atoms with E-state index in [9.17, 15) is 14.0 Å². The molecule has 0 saturated carbocycles. The highest BCUT2D eigenvalue weighted by Crippen LogP contribution is 2.35. The molecule has 2 aliphatic heterocycles. The number of anilines is 2. The molecular weight excluding hydrogens is 609 g/mol. The fourth-order valence-electron chi connectivity index (χ4n) is 6.64. The monoisotopic (exact) mass is 645 g/mol. The number of aromatic amines is 1. The van der Waals surface area contributed by atoms with Gasteiger partial charge in [-0.1, -0.05) is 6.08 Å². The summed E-state index contributed by atoms with van der Waals surface area (Å²) < 4.78 is 13.5. The summed E-state index contributed by atoms with van der Waals surface area (Å²) in [6, 6.07) is 17.4. The summed E-state index contributed by atoms with van der Waals surface area (Å²) in [5.74, 6) is 1.05. The number of benzene rings is 2. The van der Waals surface area contributed by atoms with Crippen LogP contribution in [0.3, 0.4) is 0 Å². The Morgan fingerprint density at radius 1 is 1.04 bits per heavy atom. The first-order valence-electron chi connectivity index (χ1n) is 16.0. The Bertz CT molecular complexity index is 1950. The van der Waals surface area contributed by atoms with E-state index in [0.29, 0.717) is 56.4 Å². The van der Waals surface area contributed by atoms with Crippen LogP contribution >= 0.6 is 0 Å². The largest absolute Gasteiger partial charge is 0.353 e. The number of nitrogens with one attached hydrogen (secondary N) is 2. The van der Waals surface area contributed by atoms with E-state index >= 15 is 0 Å². The molecule has 244 valence electrons. The predicted molar refractivity (Wildman–Crippen MR) is 182 cm³/mol. The van der Waals surface area contributed by atoms with Crippen LogP contribution in [0.5, 0.6) is 0 Å². The summed E-state index contributed by atoms with van der Waals surface area (Å²) in [6.45, 7) is 9.24. The Labute approximate surface area is 277 Å². The van der Waals surface area contributed by atoms with Gasteiger partial charge in [0.1, 0.15) is 11.6 Å². The summed E-state index contributed by atoms with van der Waals surface area (Å²) in [7, 11) is 0. The first kappa shape index (κ1) is 31.1. The van der Waals surface area contributed by atoms with Crippen molar-refractivity contribution in [3.63, 3.8) is 0 Å². The Hall–Kier alpha value is -5.49. The highest BCUT2D eigenvalue weighted by atomic mass is 19.1. The van der Waals surface area contributed by atoms with Crippen LogP contribution < -0.4 is 10.2 Å². The van der Waals surface area contributed by atoms with Crippen molar-refractivity contribution in [2.24, 2.45) is 5.41 Å². The summed E-state index contributed by atoms with van der Waals surface area (Å²) in [5.41, 5.74) is 2.89. The van der Waals surface area contributed by atoms with Gasteiger partial charge in [-0.15, -0.1) is 6.58 Å². The molecule has 5 heterocycles. The van der Waals surface area contributed by atoms with E-state index in [4.69, 9.17) is 0 Å². The number of nitrogens with zero attached hydrogens (tertiary/aromatic N) is 7. The molecule has 11 nitrogen and oxygen atoms in total. The molecule has 3 aromatic heterocycles. The number of fused-ring (bicyclic) bond motifs is 1. The number of amides is 2. The number of pyridine rings is 1. The minimum atomic E-state index is -0.835. The second-order valence-corrected chi connectivity index (χ2v) is 12.5. The fraction of sp³-hybridized carbons (Fsp3) is 0.278. The van der Waals surface area contributed by atoms with Crippen LogP contribution in [0.2, 0.25) is 0 Å². The topological polar surface area (TPSA) is 123 Å². The van der Waals surface area contributed by atoms with E-state index in [-0.39, 0.29) is 30.2 Å². The molecule has 5 aromatic rings. The Morgan fingerprint density at radius 2 is 1.83 bits per heavy atom. The smallest absolute Gasteiger partial charge is 0.237 e.